The van der Waals surface area contributed by atoms with Gasteiger partial charge in [-0.3, -0.25) is 0 Å². The number of aliphatic hydroxyl groups is 1. The number of hydrogen-bond acceptors (Lipinski definition) is 2. The molecule has 0 saturated carbocycles. The Balaban J connectivity index is 2.12. The Kier molecular flexibility index (Phi) is 4.40. The molecule has 0 saturated heterocycles. The number of benzene rings is 2. The lowest BCUT2D eigenvalue weighted by molar-refractivity contribution is 0.173. The van der Waals surface area contributed by atoms with Gasteiger partial charge in [-0.25, -0.2) is 4.39 Å². The van der Waals surface area contributed by atoms with E-state index < -0.39 is 11.9 Å². The van der Waals surface area contributed by atoms with Crippen molar-refractivity contribution < 1.29 is 14.2 Å². The lowest BCUT2D eigenvalue weighted by Gasteiger charge is -2.10. The first-order valence-electron chi connectivity index (χ1n) is 6.01. The average molecular weight is 281 g/mol. The van der Waals surface area contributed by atoms with Crippen LogP contribution in [0.1, 0.15) is 25.0 Å². The maximum Gasteiger partial charge on any atom is 0.142 e. The molecule has 1 N–H and O–H groups in total. The second-order valence-corrected chi connectivity index (χ2v) is 4.58. The summed E-state index contributed by atoms with van der Waals surface area (Å²) in [5, 5.41) is 9.70. The van der Waals surface area contributed by atoms with E-state index in [0.29, 0.717) is 17.9 Å². The van der Waals surface area contributed by atoms with Crippen LogP contribution in [0.4, 0.5) is 4.39 Å². The molecule has 1 atom stereocenters. The first-order valence-corrected chi connectivity index (χ1v) is 6.39. The summed E-state index contributed by atoms with van der Waals surface area (Å²) in [4.78, 5) is 0. The minimum Gasteiger partial charge on any atom is -0.457 e. The molecule has 0 aromatic heterocycles. The van der Waals surface area contributed by atoms with Gasteiger partial charge in [0.05, 0.1) is 11.1 Å². The average Bonchev–Trinajstić information content (AvgIpc) is 2.43. The molecule has 100 valence electrons. The van der Waals surface area contributed by atoms with Crippen LogP contribution < -0.4 is 4.74 Å². The molecule has 0 heterocycles. The maximum atomic E-state index is 13.0. The summed E-state index contributed by atoms with van der Waals surface area (Å²) >= 11 is 5.68. The van der Waals surface area contributed by atoms with Gasteiger partial charge >= 0.3 is 0 Å². The first-order chi connectivity index (χ1) is 9.10. The van der Waals surface area contributed by atoms with Crippen molar-refractivity contribution >= 4 is 11.6 Å². The van der Waals surface area contributed by atoms with Crippen LogP contribution in [0.25, 0.3) is 0 Å². The van der Waals surface area contributed by atoms with Crippen molar-refractivity contribution in [1.82, 2.24) is 0 Å². The Hall–Kier alpha value is -1.58. The summed E-state index contributed by atoms with van der Waals surface area (Å²) in [6.45, 7) is 1.91. The van der Waals surface area contributed by atoms with Crippen molar-refractivity contribution in [3.8, 4) is 11.5 Å². The predicted molar refractivity (Wildman–Crippen MR) is 73.2 cm³/mol. The molecule has 2 aromatic carbocycles. The molecule has 0 aliphatic carbocycles. The van der Waals surface area contributed by atoms with Crippen molar-refractivity contribution in [2.75, 3.05) is 0 Å². The second kappa shape index (κ2) is 6.04. The molecular weight excluding hydrogens is 267 g/mol. The molecular formula is C15H14ClFO2. The van der Waals surface area contributed by atoms with Gasteiger partial charge < -0.3 is 9.84 Å². The SMILES string of the molecule is CCC(O)c1ccc(Oc2ccc(F)c(Cl)c2)cc1. The lowest BCUT2D eigenvalue weighted by atomic mass is 10.1. The van der Waals surface area contributed by atoms with Crippen molar-refractivity contribution in [3.05, 3.63) is 58.9 Å². The second-order valence-electron chi connectivity index (χ2n) is 4.17. The van der Waals surface area contributed by atoms with Crippen LogP contribution in [0, 0.1) is 5.82 Å². The fraction of sp³-hybridized carbons (Fsp3) is 0.200. The molecule has 0 aliphatic rings. The Morgan fingerprint density at radius 2 is 1.79 bits per heavy atom. The third-order valence-corrected chi connectivity index (χ3v) is 3.07. The smallest absolute Gasteiger partial charge is 0.142 e. The highest BCUT2D eigenvalue weighted by Gasteiger charge is 2.06. The Morgan fingerprint density at radius 1 is 1.16 bits per heavy atom. The molecule has 0 radical (unpaired) electrons. The summed E-state index contributed by atoms with van der Waals surface area (Å²) in [6.07, 6.45) is 0.197. The molecule has 19 heavy (non-hydrogen) atoms. The van der Waals surface area contributed by atoms with Gasteiger partial charge in [0.1, 0.15) is 17.3 Å². The van der Waals surface area contributed by atoms with E-state index in [0.717, 1.165) is 5.56 Å². The van der Waals surface area contributed by atoms with Crippen LogP contribution in [-0.4, -0.2) is 5.11 Å². The van der Waals surface area contributed by atoms with Gasteiger partial charge in [-0.15, -0.1) is 0 Å². The standard InChI is InChI=1S/C15H14ClFO2/c1-2-15(18)10-3-5-11(6-4-10)19-12-7-8-14(17)13(16)9-12/h3-9,15,18H,2H2,1H3. The first kappa shape index (κ1) is 13.8. The van der Waals surface area contributed by atoms with Crippen LogP contribution in [-0.2, 0) is 0 Å². The largest absolute Gasteiger partial charge is 0.457 e. The third kappa shape index (κ3) is 3.46. The molecule has 0 fully saturated rings. The molecule has 0 amide bonds. The van der Waals surface area contributed by atoms with Crippen molar-refractivity contribution in [2.24, 2.45) is 0 Å². The molecule has 0 bridgehead atoms. The summed E-state index contributed by atoms with van der Waals surface area (Å²) in [5.74, 6) is 0.598. The zero-order valence-electron chi connectivity index (χ0n) is 10.4. The number of aliphatic hydroxyl groups excluding tert-OH is 1. The Bertz CT molecular complexity index is 555. The number of halogens is 2. The lowest BCUT2D eigenvalue weighted by Crippen LogP contribution is -1.94. The molecule has 2 rings (SSSR count). The predicted octanol–water partition coefficient (Wildman–Crippen LogP) is 4.71. The van der Waals surface area contributed by atoms with Crippen LogP contribution in [0.3, 0.4) is 0 Å². The quantitative estimate of drug-likeness (QED) is 0.878. The van der Waals surface area contributed by atoms with Crippen molar-refractivity contribution in [1.29, 1.82) is 0 Å². The van der Waals surface area contributed by atoms with Gasteiger partial charge in [0.25, 0.3) is 0 Å². The molecule has 2 nitrogen and oxygen atoms in total. The highest BCUT2D eigenvalue weighted by Crippen LogP contribution is 2.27. The van der Waals surface area contributed by atoms with E-state index in [2.05, 4.69) is 0 Å². The van der Waals surface area contributed by atoms with Gasteiger partial charge in [0.2, 0.25) is 0 Å². The number of ether oxygens (including phenoxy) is 1. The van der Waals surface area contributed by atoms with E-state index in [1.54, 1.807) is 24.3 Å². The van der Waals surface area contributed by atoms with Crippen LogP contribution in [0.5, 0.6) is 11.5 Å². The minimum absolute atomic E-state index is 0.0236. The van der Waals surface area contributed by atoms with Crippen molar-refractivity contribution in [3.63, 3.8) is 0 Å². The fourth-order valence-electron chi connectivity index (χ4n) is 1.67. The monoisotopic (exact) mass is 280 g/mol. The normalized spacial score (nSPS) is 12.2. The van der Waals surface area contributed by atoms with E-state index in [4.69, 9.17) is 16.3 Å². The topological polar surface area (TPSA) is 29.5 Å². The molecule has 4 heteroatoms. The van der Waals surface area contributed by atoms with E-state index in [-0.39, 0.29) is 5.02 Å². The van der Waals surface area contributed by atoms with Crippen LogP contribution in [0.2, 0.25) is 5.02 Å². The van der Waals surface area contributed by atoms with Crippen molar-refractivity contribution in [2.45, 2.75) is 19.4 Å². The summed E-state index contributed by atoms with van der Waals surface area (Å²) in [7, 11) is 0. The summed E-state index contributed by atoms with van der Waals surface area (Å²) < 4.78 is 18.6. The zero-order valence-corrected chi connectivity index (χ0v) is 11.2. The highest BCUT2D eigenvalue weighted by atomic mass is 35.5. The van der Waals surface area contributed by atoms with Gasteiger partial charge in [0, 0.05) is 6.07 Å². The molecule has 1 unspecified atom stereocenters. The summed E-state index contributed by atoms with van der Waals surface area (Å²) in [6, 6.07) is 11.3. The fourth-order valence-corrected chi connectivity index (χ4v) is 1.84. The van der Waals surface area contributed by atoms with E-state index in [1.165, 1.54) is 18.2 Å². The van der Waals surface area contributed by atoms with E-state index in [1.807, 2.05) is 6.92 Å². The molecule has 0 aliphatic heterocycles. The van der Waals surface area contributed by atoms with Gasteiger partial charge in [-0.05, 0) is 36.2 Å². The Labute approximate surface area is 116 Å². The minimum atomic E-state index is -0.476. The zero-order chi connectivity index (χ0) is 13.8. The number of rotatable bonds is 4. The van der Waals surface area contributed by atoms with E-state index in [9.17, 15) is 9.50 Å². The maximum absolute atomic E-state index is 13.0. The Morgan fingerprint density at radius 3 is 2.37 bits per heavy atom. The third-order valence-electron chi connectivity index (χ3n) is 2.78. The van der Waals surface area contributed by atoms with Crippen LogP contribution in [0.15, 0.2) is 42.5 Å². The van der Waals surface area contributed by atoms with E-state index >= 15 is 0 Å². The van der Waals surface area contributed by atoms with Gasteiger partial charge in [0.15, 0.2) is 0 Å². The summed E-state index contributed by atoms with van der Waals surface area (Å²) in [5.41, 5.74) is 0.840. The number of hydrogen-bond donors (Lipinski definition) is 1. The van der Waals surface area contributed by atoms with Gasteiger partial charge in [-0.2, -0.15) is 0 Å². The molecule has 0 spiro atoms. The highest BCUT2D eigenvalue weighted by molar-refractivity contribution is 6.30. The molecule has 2 aromatic rings. The van der Waals surface area contributed by atoms with Crippen LogP contribution >= 0.6 is 11.6 Å². The van der Waals surface area contributed by atoms with Gasteiger partial charge in [-0.1, -0.05) is 30.7 Å².